The molecule has 0 aromatic carbocycles. The molecule has 0 N–H and O–H groups in total. The van der Waals surface area contributed by atoms with Gasteiger partial charge in [-0.2, -0.15) is 0 Å². The van der Waals surface area contributed by atoms with Crippen LogP contribution in [0.4, 0.5) is 0 Å². The average molecular weight is 180 g/mol. The molecule has 0 radical (unpaired) electrons. The summed E-state index contributed by atoms with van der Waals surface area (Å²) in [5.74, 6) is 0.442. The van der Waals surface area contributed by atoms with Crippen molar-refractivity contribution >= 4 is 5.97 Å². The number of hydrogen-bond donors (Lipinski definition) is 0. The lowest BCUT2D eigenvalue weighted by atomic mass is 10.2. The van der Waals surface area contributed by atoms with E-state index in [1.807, 2.05) is 6.08 Å². The number of esters is 1. The Balaban J connectivity index is 2.74. The third-order valence-corrected chi connectivity index (χ3v) is 1.74. The summed E-state index contributed by atoms with van der Waals surface area (Å²) in [5.41, 5.74) is 0.561. The number of hydrogen-bond acceptors (Lipinski definition) is 3. The molecule has 0 heterocycles. The van der Waals surface area contributed by atoms with Crippen molar-refractivity contribution in [1.29, 1.82) is 0 Å². The van der Waals surface area contributed by atoms with Crippen LogP contribution in [0, 0.1) is 0 Å². The summed E-state index contributed by atoms with van der Waals surface area (Å²) < 4.78 is 9.61. The van der Waals surface area contributed by atoms with Gasteiger partial charge < -0.3 is 9.47 Å². The van der Waals surface area contributed by atoms with Gasteiger partial charge in [-0.15, -0.1) is 0 Å². The Bertz CT molecular complexity index is 285. The summed E-state index contributed by atoms with van der Waals surface area (Å²) in [6.07, 6.45) is 7.81. The number of ether oxygens (including phenoxy) is 2. The van der Waals surface area contributed by atoms with Gasteiger partial charge in [0.05, 0.1) is 19.8 Å². The highest BCUT2D eigenvalue weighted by atomic mass is 16.5. The predicted octanol–water partition coefficient (Wildman–Crippen LogP) is 1.58. The van der Waals surface area contributed by atoms with Crippen molar-refractivity contribution in [2.24, 2.45) is 0 Å². The number of carbonyl (C=O) groups is 1. The molecule has 3 nitrogen and oxygen atoms in total. The van der Waals surface area contributed by atoms with Crippen molar-refractivity contribution in [1.82, 2.24) is 0 Å². The zero-order valence-electron chi connectivity index (χ0n) is 7.74. The van der Waals surface area contributed by atoms with Crippen molar-refractivity contribution in [2.75, 3.05) is 14.2 Å². The monoisotopic (exact) mass is 180 g/mol. The summed E-state index contributed by atoms with van der Waals surface area (Å²) in [6.45, 7) is 0. The van der Waals surface area contributed by atoms with Crippen LogP contribution in [0.2, 0.25) is 0 Å². The summed E-state index contributed by atoms with van der Waals surface area (Å²) in [7, 11) is 2.96. The number of allylic oxidation sites excluding steroid dienone is 3. The first-order valence-corrected chi connectivity index (χ1v) is 3.98. The van der Waals surface area contributed by atoms with E-state index in [0.29, 0.717) is 12.0 Å². The van der Waals surface area contributed by atoms with Crippen molar-refractivity contribution in [2.45, 2.75) is 6.42 Å². The molecule has 70 valence electrons. The van der Waals surface area contributed by atoms with Crippen LogP contribution in [-0.2, 0) is 14.3 Å². The van der Waals surface area contributed by atoms with Crippen LogP contribution in [-0.4, -0.2) is 20.2 Å². The second-order valence-corrected chi connectivity index (χ2v) is 2.53. The van der Waals surface area contributed by atoms with E-state index in [4.69, 9.17) is 4.74 Å². The fourth-order valence-electron chi connectivity index (χ4n) is 1.03. The average Bonchev–Trinajstić information content (AvgIpc) is 2.41. The fourth-order valence-corrected chi connectivity index (χ4v) is 1.03. The topological polar surface area (TPSA) is 35.5 Å². The first-order chi connectivity index (χ1) is 6.27. The highest BCUT2D eigenvalue weighted by molar-refractivity contribution is 5.91. The van der Waals surface area contributed by atoms with Crippen molar-refractivity contribution in [3.05, 3.63) is 35.6 Å². The molecule has 0 amide bonds. The Morgan fingerprint density at radius 2 is 2.08 bits per heavy atom. The molecule has 0 fully saturated rings. The van der Waals surface area contributed by atoms with Gasteiger partial charge in [-0.25, -0.2) is 4.79 Å². The number of methoxy groups -OCH3 is 2. The lowest BCUT2D eigenvalue weighted by Crippen LogP contribution is -2.01. The van der Waals surface area contributed by atoms with Crippen LogP contribution in [0.25, 0.3) is 0 Å². The Morgan fingerprint density at radius 3 is 2.69 bits per heavy atom. The molecule has 0 aliphatic heterocycles. The fraction of sp³-hybridized carbons (Fsp3) is 0.300. The number of carbonyl (C=O) groups excluding carboxylic acids is 1. The summed E-state index contributed by atoms with van der Waals surface area (Å²) in [5, 5.41) is 0. The second kappa shape index (κ2) is 4.50. The molecule has 0 bridgehead atoms. The Morgan fingerprint density at radius 1 is 1.31 bits per heavy atom. The van der Waals surface area contributed by atoms with Gasteiger partial charge in [0.2, 0.25) is 0 Å². The van der Waals surface area contributed by atoms with Crippen molar-refractivity contribution < 1.29 is 14.3 Å². The molecule has 1 aliphatic carbocycles. The summed E-state index contributed by atoms with van der Waals surface area (Å²) in [4.78, 5) is 11.1. The minimum atomic E-state index is -0.318. The lowest BCUT2D eigenvalue weighted by Gasteiger charge is -1.97. The highest BCUT2D eigenvalue weighted by Gasteiger charge is 2.07. The molecule has 13 heavy (non-hydrogen) atoms. The first kappa shape index (κ1) is 9.58. The minimum Gasteiger partial charge on any atom is -0.497 e. The molecule has 1 rings (SSSR count). The van der Waals surface area contributed by atoms with Crippen LogP contribution >= 0.6 is 0 Å². The molecule has 0 saturated heterocycles. The van der Waals surface area contributed by atoms with Crippen LogP contribution < -0.4 is 0 Å². The highest BCUT2D eigenvalue weighted by Crippen LogP contribution is 2.11. The van der Waals surface area contributed by atoms with Gasteiger partial charge in [-0.3, -0.25) is 0 Å². The molecule has 0 saturated carbocycles. The molecule has 0 atom stereocenters. The maximum atomic E-state index is 11.1. The van der Waals surface area contributed by atoms with Crippen LogP contribution in [0.5, 0.6) is 0 Å². The zero-order valence-corrected chi connectivity index (χ0v) is 7.74. The minimum absolute atomic E-state index is 0.318. The van der Waals surface area contributed by atoms with E-state index >= 15 is 0 Å². The van der Waals surface area contributed by atoms with Gasteiger partial charge in [0, 0.05) is 0 Å². The van der Waals surface area contributed by atoms with E-state index in [1.54, 1.807) is 25.3 Å². The predicted molar refractivity (Wildman–Crippen MR) is 48.9 cm³/mol. The van der Waals surface area contributed by atoms with E-state index in [2.05, 4.69) is 4.74 Å². The third kappa shape index (κ3) is 2.47. The molecule has 0 aromatic heterocycles. The van der Waals surface area contributed by atoms with E-state index in [0.717, 1.165) is 5.76 Å². The summed E-state index contributed by atoms with van der Waals surface area (Å²) >= 11 is 0. The van der Waals surface area contributed by atoms with Crippen molar-refractivity contribution in [3.8, 4) is 0 Å². The van der Waals surface area contributed by atoms with Gasteiger partial charge in [-0.05, 0) is 24.6 Å². The SMILES string of the molecule is COC(=O)C1=CCC=C(OC)C=C1. The first-order valence-electron chi connectivity index (χ1n) is 3.98. The molecule has 3 heteroatoms. The smallest absolute Gasteiger partial charge is 0.337 e. The van der Waals surface area contributed by atoms with E-state index in [-0.39, 0.29) is 5.97 Å². The Hall–Kier alpha value is -1.51. The number of rotatable bonds is 2. The van der Waals surface area contributed by atoms with Crippen molar-refractivity contribution in [3.63, 3.8) is 0 Å². The van der Waals surface area contributed by atoms with Crippen LogP contribution in [0.3, 0.4) is 0 Å². The molecule has 0 unspecified atom stereocenters. The largest absolute Gasteiger partial charge is 0.497 e. The van der Waals surface area contributed by atoms with E-state index in [1.165, 1.54) is 7.11 Å². The lowest BCUT2D eigenvalue weighted by molar-refractivity contribution is -0.135. The standard InChI is InChI=1S/C10H12O3/c1-12-9-5-3-4-8(6-7-9)10(11)13-2/h4-7H,3H2,1-2H3. The Kier molecular flexibility index (Phi) is 3.31. The van der Waals surface area contributed by atoms with Gasteiger partial charge in [0.15, 0.2) is 0 Å². The maximum absolute atomic E-state index is 11.1. The van der Waals surface area contributed by atoms with E-state index in [9.17, 15) is 4.79 Å². The van der Waals surface area contributed by atoms with Gasteiger partial charge in [-0.1, -0.05) is 6.08 Å². The van der Waals surface area contributed by atoms with Crippen LogP contribution in [0.1, 0.15) is 6.42 Å². The van der Waals surface area contributed by atoms with Gasteiger partial charge in [0.1, 0.15) is 5.76 Å². The second-order valence-electron chi connectivity index (χ2n) is 2.53. The molecular weight excluding hydrogens is 168 g/mol. The quantitative estimate of drug-likeness (QED) is 0.605. The van der Waals surface area contributed by atoms with Crippen LogP contribution in [0.15, 0.2) is 35.6 Å². The zero-order chi connectivity index (χ0) is 9.68. The molecule has 0 spiro atoms. The molecular formula is C10H12O3. The summed E-state index contributed by atoms with van der Waals surface area (Å²) in [6, 6.07) is 0. The molecule has 0 aromatic rings. The molecule has 1 aliphatic rings. The maximum Gasteiger partial charge on any atom is 0.337 e. The Labute approximate surface area is 77.3 Å². The van der Waals surface area contributed by atoms with Gasteiger partial charge >= 0.3 is 5.97 Å². The third-order valence-electron chi connectivity index (χ3n) is 1.74. The van der Waals surface area contributed by atoms with E-state index < -0.39 is 0 Å². The normalized spacial score (nSPS) is 15.5. The van der Waals surface area contributed by atoms with Gasteiger partial charge in [0.25, 0.3) is 0 Å².